The molecule has 54 heavy (non-hydrogen) atoms. The Morgan fingerprint density at radius 3 is 0.426 bits per heavy atom. The van der Waals surface area contributed by atoms with Crippen LogP contribution in [-0.2, 0) is 38.1 Å². The van der Waals surface area contributed by atoms with Crippen molar-refractivity contribution < 1.29 is 38.1 Å². The molecule has 0 aromatic rings. The van der Waals surface area contributed by atoms with E-state index in [2.05, 4.69) is 0 Å². The molecular weight excluding hydrogens is 680 g/mol. The summed E-state index contributed by atoms with van der Waals surface area (Å²) in [6.07, 6.45) is 43.2. The van der Waals surface area contributed by atoms with Crippen molar-refractivity contribution in [2.75, 3.05) is 26.4 Å². The zero-order valence-electron chi connectivity index (χ0n) is 35.0. The highest BCUT2D eigenvalue weighted by Crippen LogP contribution is 2.16. The number of rotatable bonds is 0. The van der Waals surface area contributed by atoms with Gasteiger partial charge in [0, 0.05) is 0 Å². The number of hydrogen-bond acceptors (Lipinski definition) is 8. The number of carbonyl (C=O) groups excluding carboxylic acids is 4. The molecule has 0 aromatic heterocycles. The molecule has 0 saturated carbocycles. The summed E-state index contributed by atoms with van der Waals surface area (Å²) in [5, 5.41) is 0. The van der Waals surface area contributed by atoms with Crippen LogP contribution in [0.5, 0.6) is 0 Å². The van der Waals surface area contributed by atoms with Gasteiger partial charge in [0.2, 0.25) is 0 Å². The Balaban J connectivity index is 2.15. The van der Waals surface area contributed by atoms with Crippen molar-refractivity contribution >= 4 is 23.9 Å². The first-order valence-electron chi connectivity index (χ1n) is 23.2. The maximum absolute atomic E-state index is 12.0. The van der Waals surface area contributed by atoms with Gasteiger partial charge in [-0.1, -0.05) is 205 Å². The zero-order chi connectivity index (χ0) is 38.8. The van der Waals surface area contributed by atoms with Gasteiger partial charge in [0.25, 0.3) is 0 Å². The summed E-state index contributed by atoms with van der Waals surface area (Å²) in [6.45, 7) is 1.58. The van der Waals surface area contributed by atoms with Gasteiger partial charge < -0.3 is 18.9 Å². The van der Waals surface area contributed by atoms with Gasteiger partial charge in [0.1, 0.15) is 12.8 Å². The Hall–Kier alpha value is -2.12. The van der Waals surface area contributed by atoms with E-state index in [1.807, 2.05) is 0 Å². The van der Waals surface area contributed by atoms with Gasteiger partial charge in [0.15, 0.2) is 0 Å². The lowest BCUT2D eigenvalue weighted by atomic mass is 10.0. The molecule has 316 valence electrons. The van der Waals surface area contributed by atoms with E-state index >= 15 is 0 Å². The Morgan fingerprint density at radius 2 is 0.296 bits per heavy atom. The van der Waals surface area contributed by atoms with Crippen molar-refractivity contribution in [1.82, 2.24) is 0 Å². The molecule has 1 aliphatic heterocycles. The molecule has 1 aliphatic rings. The second kappa shape index (κ2) is 40.5. The lowest BCUT2D eigenvalue weighted by Gasteiger charge is -2.07. The van der Waals surface area contributed by atoms with Crippen LogP contribution in [0.3, 0.4) is 0 Å². The van der Waals surface area contributed by atoms with Crippen molar-refractivity contribution in [1.29, 1.82) is 0 Å². The fourth-order valence-electron chi connectivity index (χ4n) is 7.25. The number of ether oxygens (including phenoxy) is 4. The molecule has 0 aliphatic carbocycles. The largest absolute Gasteiger partial charge is 0.465 e. The first-order valence-corrected chi connectivity index (χ1v) is 23.2. The van der Waals surface area contributed by atoms with E-state index < -0.39 is 23.9 Å². The van der Waals surface area contributed by atoms with Crippen molar-refractivity contribution in [2.24, 2.45) is 0 Å². The van der Waals surface area contributed by atoms with Gasteiger partial charge >= 0.3 is 23.9 Å². The molecule has 8 heteroatoms. The predicted octanol–water partition coefficient (Wildman–Crippen LogP) is 13.0. The molecule has 0 aromatic carbocycles. The first-order chi connectivity index (χ1) is 26.6. The topological polar surface area (TPSA) is 105 Å². The van der Waals surface area contributed by atoms with Crippen molar-refractivity contribution in [2.45, 2.75) is 244 Å². The maximum atomic E-state index is 12.0. The number of esters is 4. The minimum Gasteiger partial charge on any atom is -0.465 e. The number of cyclic esters (lactones) is 4. The second-order valence-corrected chi connectivity index (χ2v) is 16.0. The van der Waals surface area contributed by atoms with E-state index in [9.17, 15) is 19.2 Å². The van der Waals surface area contributed by atoms with Gasteiger partial charge in [-0.15, -0.1) is 0 Å². The summed E-state index contributed by atoms with van der Waals surface area (Å²) in [7, 11) is 0. The minimum absolute atomic E-state index is 0.274. The van der Waals surface area contributed by atoms with Gasteiger partial charge in [-0.25, -0.2) is 0 Å². The Labute approximate surface area is 331 Å². The molecule has 0 atom stereocenters. The van der Waals surface area contributed by atoms with Crippen LogP contribution in [0, 0.1) is 0 Å². The summed E-state index contributed by atoms with van der Waals surface area (Å²) in [4.78, 5) is 47.8. The molecular formula is C46H84O8. The molecule has 0 N–H and O–H groups in total. The van der Waals surface area contributed by atoms with Crippen LogP contribution in [0.4, 0.5) is 0 Å². The van der Waals surface area contributed by atoms with Crippen LogP contribution >= 0.6 is 0 Å². The number of carbonyl (C=O) groups is 4. The van der Waals surface area contributed by atoms with Gasteiger partial charge in [0.05, 0.1) is 26.4 Å². The average molecular weight is 765 g/mol. The average Bonchev–Trinajstić information content (AvgIpc) is 3.15. The highest BCUT2D eigenvalue weighted by Gasteiger charge is 2.13. The molecule has 1 heterocycles. The quantitative estimate of drug-likeness (QED) is 0.136. The summed E-state index contributed by atoms with van der Waals surface area (Å²) < 4.78 is 21.0. The van der Waals surface area contributed by atoms with E-state index in [1.165, 1.54) is 180 Å². The molecule has 0 bridgehead atoms. The van der Waals surface area contributed by atoms with E-state index in [1.54, 1.807) is 0 Å². The van der Waals surface area contributed by atoms with Gasteiger partial charge in [-0.3, -0.25) is 19.2 Å². The summed E-state index contributed by atoms with van der Waals surface area (Å²) in [6, 6.07) is 0. The van der Waals surface area contributed by atoms with Crippen molar-refractivity contribution in [3.8, 4) is 0 Å². The Morgan fingerprint density at radius 1 is 0.185 bits per heavy atom. The van der Waals surface area contributed by atoms with E-state index in [0.29, 0.717) is 26.4 Å². The standard InChI is InChI=1S/C46H84O8/c47-43-41-45(49)53-39-35-31-27-23-19-15-11-7-3-4-8-12-16-20-24-28-32-36-40-54-46(50)42-44(48)52-38-34-30-26-22-18-14-10-6-2-1-5-9-13-17-21-25-29-33-37-51-43/h1-42H2. The van der Waals surface area contributed by atoms with Crippen LogP contribution in [-0.4, -0.2) is 50.3 Å². The molecule has 0 amide bonds. The van der Waals surface area contributed by atoms with E-state index in [-0.39, 0.29) is 12.8 Å². The lowest BCUT2D eigenvalue weighted by Crippen LogP contribution is -2.15. The third-order valence-electron chi connectivity index (χ3n) is 10.7. The lowest BCUT2D eigenvalue weighted by molar-refractivity contribution is -0.156. The molecule has 1 saturated heterocycles. The minimum atomic E-state index is -0.465. The van der Waals surface area contributed by atoms with Crippen LogP contribution in [0.1, 0.15) is 244 Å². The molecule has 8 nitrogen and oxygen atoms in total. The van der Waals surface area contributed by atoms with Crippen molar-refractivity contribution in [3.63, 3.8) is 0 Å². The summed E-state index contributed by atoms with van der Waals surface area (Å²) in [5.74, 6) is -1.86. The van der Waals surface area contributed by atoms with Crippen LogP contribution in [0.2, 0.25) is 0 Å². The molecule has 1 rings (SSSR count). The van der Waals surface area contributed by atoms with E-state index in [0.717, 1.165) is 51.4 Å². The Bertz CT molecular complexity index is 737. The van der Waals surface area contributed by atoms with Crippen molar-refractivity contribution in [3.05, 3.63) is 0 Å². The third kappa shape index (κ3) is 38.2. The first kappa shape index (κ1) is 49.9. The zero-order valence-corrected chi connectivity index (χ0v) is 35.0. The van der Waals surface area contributed by atoms with E-state index in [4.69, 9.17) is 18.9 Å². The third-order valence-corrected chi connectivity index (χ3v) is 10.7. The van der Waals surface area contributed by atoms with Crippen LogP contribution < -0.4 is 0 Å². The molecule has 0 spiro atoms. The van der Waals surface area contributed by atoms with Gasteiger partial charge in [-0.2, -0.15) is 0 Å². The van der Waals surface area contributed by atoms with Crippen LogP contribution in [0.25, 0.3) is 0 Å². The number of hydrogen-bond donors (Lipinski definition) is 0. The van der Waals surface area contributed by atoms with Crippen LogP contribution in [0.15, 0.2) is 0 Å². The fraction of sp³-hybridized carbons (Fsp3) is 0.913. The van der Waals surface area contributed by atoms with Gasteiger partial charge in [-0.05, 0) is 25.7 Å². The molecule has 0 unspecified atom stereocenters. The summed E-state index contributed by atoms with van der Waals surface area (Å²) >= 11 is 0. The highest BCUT2D eigenvalue weighted by atomic mass is 16.6. The fourth-order valence-corrected chi connectivity index (χ4v) is 7.25. The Kier molecular flexibility index (Phi) is 37.5. The molecule has 1 fully saturated rings. The normalized spacial score (nSPS) is 22.7. The summed E-state index contributed by atoms with van der Waals surface area (Å²) in [5.41, 5.74) is 0. The molecule has 0 radical (unpaired) electrons. The maximum Gasteiger partial charge on any atom is 0.317 e. The monoisotopic (exact) mass is 765 g/mol. The highest BCUT2D eigenvalue weighted by molar-refractivity contribution is 5.91. The predicted molar refractivity (Wildman–Crippen MR) is 219 cm³/mol. The smallest absolute Gasteiger partial charge is 0.317 e. The SMILES string of the molecule is O=C1CC(=O)OCCCCCCCCCCCCCCCCCCCCOC(=O)CC(=O)OCCCCCCCCCCCCCCCCCCCCO1. The second-order valence-electron chi connectivity index (χ2n) is 16.0.